The third-order valence-corrected chi connectivity index (χ3v) is 11.5. The molecule has 0 radical (unpaired) electrons. The SMILES string of the molecule is C=CCCC(=O)NC[C@H](OC(=O)[C@@H]1[C@H]2O[C@@]3(CC2Br)[C@H](C(=O)N(CC=C)c2ccc4ccccc4c2)N([C@@H](CO)CC(C)C)C(=O)[C@@H]13)c1ccccc1. The van der Waals surface area contributed by atoms with E-state index in [1.165, 1.54) is 4.90 Å². The molecule has 0 aliphatic carbocycles. The first kappa shape index (κ1) is 38.4. The van der Waals surface area contributed by atoms with Crippen molar-refractivity contribution in [2.45, 2.75) is 74.3 Å². The summed E-state index contributed by atoms with van der Waals surface area (Å²) in [6.07, 6.45) is 3.20. The number of esters is 1. The van der Waals surface area contributed by atoms with Gasteiger partial charge in [-0.15, -0.1) is 13.2 Å². The van der Waals surface area contributed by atoms with Crippen LogP contribution in [-0.2, 0) is 28.7 Å². The Labute approximate surface area is 319 Å². The van der Waals surface area contributed by atoms with E-state index < -0.39 is 53.6 Å². The maximum Gasteiger partial charge on any atom is 0.313 e. The van der Waals surface area contributed by atoms with E-state index >= 15 is 4.79 Å². The van der Waals surface area contributed by atoms with Gasteiger partial charge in [-0.1, -0.05) is 103 Å². The van der Waals surface area contributed by atoms with Gasteiger partial charge in [-0.05, 0) is 53.6 Å². The number of ether oxygens (including phenoxy) is 2. The number of fused-ring (bicyclic) bond motifs is 2. The third kappa shape index (κ3) is 7.43. The second-order valence-electron chi connectivity index (χ2n) is 14.6. The van der Waals surface area contributed by atoms with Gasteiger partial charge in [0.05, 0.1) is 37.1 Å². The normalized spacial score (nSPS) is 25.6. The van der Waals surface area contributed by atoms with E-state index in [4.69, 9.17) is 9.47 Å². The lowest BCUT2D eigenvalue weighted by atomic mass is 9.70. The molecule has 3 fully saturated rings. The molecule has 3 aromatic carbocycles. The molecule has 2 bridgehead atoms. The van der Waals surface area contributed by atoms with Crippen molar-refractivity contribution in [3.05, 3.63) is 104 Å². The zero-order chi connectivity index (χ0) is 37.9. The maximum absolute atomic E-state index is 15.2. The number of aliphatic hydroxyl groups excluding tert-OH is 1. The van der Waals surface area contributed by atoms with Gasteiger partial charge in [0.15, 0.2) is 0 Å². The van der Waals surface area contributed by atoms with Gasteiger partial charge in [0.25, 0.3) is 5.91 Å². The highest BCUT2D eigenvalue weighted by molar-refractivity contribution is 9.09. The quantitative estimate of drug-likeness (QED) is 0.106. The Balaban J connectivity index is 1.38. The zero-order valence-corrected chi connectivity index (χ0v) is 31.8. The number of hydrogen-bond donors (Lipinski definition) is 2. The molecule has 8 atom stereocenters. The lowest BCUT2D eigenvalue weighted by Crippen LogP contribution is -2.59. The Hall–Kier alpha value is -4.32. The lowest BCUT2D eigenvalue weighted by molar-refractivity contribution is -0.161. The van der Waals surface area contributed by atoms with E-state index in [0.29, 0.717) is 30.5 Å². The van der Waals surface area contributed by atoms with Crippen LogP contribution in [0.3, 0.4) is 0 Å². The Morgan fingerprint density at radius 1 is 1.08 bits per heavy atom. The molecule has 0 aromatic heterocycles. The number of amides is 3. The number of carbonyl (C=O) groups excluding carboxylic acids is 4. The summed E-state index contributed by atoms with van der Waals surface area (Å²) in [6, 6.07) is 20.9. The van der Waals surface area contributed by atoms with Gasteiger partial charge in [-0.3, -0.25) is 19.2 Å². The first-order valence-corrected chi connectivity index (χ1v) is 19.2. The van der Waals surface area contributed by atoms with Crippen LogP contribution in [0.4, 0.5) is 5.69 Å². The molecule has 3 amide bonds. The average molecular weight is 787 g/mol. The van der Waals surface area contributed by atoms with E-state index in [0.717, 1.165) is 10.8 Å². The minimum atomic E-state index is -1.38. The van der Waals surface area contributed by atoms with Gasteiger partial charge >= 0.3 is 5.97 Å². The predicted octanol–water partition coefficient (Wildman–Crippen LogP) is 5.88. The van der Waals surface area contributed by atoms with Crippen LogP contribution in [0.5, 0.6) is 0 Å². The van der Waals surface area contributed by atoms with Crippen LogP contribution in [0.2, 0.25) is 0 Å². The first-order valence-electron chi connectivity index (χ1n) is 18.3. The average Bonchev–Trinajstić information content (AvgIpc) is 3.76. The Morgan fingerprint density at radius 2 is 1.79 bits per heavy atom. The van der Waals surface area contributed by atoms with E-state index in [2.05, 4.69) is 34.4 Å². The van der Waals surface area contributed by atoms with Gasteiger partial charge < -0.3 is 29.7 Å². The van der Waals surface area contributed by atoms with Crippen molar-refractivity contribution in [3.63, 3.8) is 0 Å². The van der Waals surface area contributed by atoms with Crippen molar-refractivity contribution >= 4 is 56.1 Å². The van der Waals surface area contributed by atoms with Crippen LogP contribution >= 0.6 is 15.9 Å². The topological polar surface area (TPSA) is 125 Å². The molecule has 10 nitrogen and oxygen atoms in total. The predicted molar refractivity (Wildman–Crippen MR) is 207 cm³/mol. The Kier molecular flexibility index (Phi) is 11.9. The summed E-state index contributed by atoms with van der Waals surface area (Å²) < 4.78 is 13.0. The molecule has 1 spiro atoms. The molecule has 280 valence electrons. The highest BCUT2D eigenvalue weighted by Gasteiger charge is 2.77. The van der Waals surface area contributed by atoms with E-state index in [1.54, 1.807) is 17.1 Å². The number of halogens is 1. The first-order chi connectivity index (χ1) is 25.5. The molecule has 11 heteroatoms. The number of carbonyl (C=O) groups is 4. The van der Waals surface area contributed by atoms with Crippen LogP contribution in [0.1, 0.15) is 51.2 Å². The third-order valence-electron chi connectivity index (χ3n) is 10.7. The van der Waals surface area contributed by atoms with Crippen LogP contribution in [-0.4, -0.2) is 82.0 Å². The molecule has 3 saturated heterocycles. The van der Waals surface area contributed by atoms with Crippen LogP contribution in [0, 0.1) is 17.8 Å². The zero-order valence-electron chi connectivity index (χ0n) is 30.2. The van der Waals surface area contributed by atoms with Crippen LogP contribution in [0.25, 0.3) is 10.8 Å². The van der Waals surface area contributed by atoms with E-state index in [9.17, 15) is 19.5 Å². The molecule has 6 rings (SSSR count). The number of hydrogen-bond acceptors (Lipinski definition) is 7. The van der Waals surface area contributed by atoms with Crippen molar-refractivity contribution in [2.24, 2.45) is 17.8 Å². The van der Waals surface area contributed by atoms with Crippen molar-refractivity contribution < 1.29 is 33.8 Å². The van der Waals surface area contributed by atoms with Gasteiger partial charge in [-0.2, -0.15) is 0 Å². The van der Waals surface area contributed by atoms with Gasteiger partial charge in [0, 0.05) is 23.5 Å². The summed E-state index contributed by atoms with van der Waals surface area (Å²) in [4.78, 5) is 59.9. The molecule has 0 saturated carbocycles. The molecule has 3 aliphatic rings. The van der Waals surface area contributed by atoms with E-state index in [1.807, 2.05) is 86.6 Å². The fourth-order valence-corrected chi connectivity index (χ4v) is 9.36. The van der Waals surface area contributed by atoms with Crippen molar-refractivity contribution in [1.82, 2.24) is 10.2 Å². The summed E-state index contributed by atoms with van der Waals surface area (Å²) in [7, 11) is 0. The second-order valence-corrected chi connectivity index (χ2v) is 15.8. The van der Waals surface area contributed by atoms with Gasteiger partial charge in [0.2, 0.25) is 11.8 Å². The van der Waals surface area contributed by atoms with Crippen molar-refractivity contribution in [2.75, 3.05) is 24.6 Å². The number of rotatable bonds is 16. The Morgan fingerprint density at radius 3 is 2.47 bits per heavy atom. The molecule has 3 aromatic rings. The molecule has 3 aliphatic heterocycles. The van der Waals surface area contributed by atoms with Crippen LogP contribution < -0.4 is 10.2 Å². The highest BCUT2D eigenvalue weighted by Crippen LogP contribution is 2.61. The molecular weight excluding hydrogens is 738 g/mol. The number of nitrogens with one attached hydrogen (secondary N) is 1. The summed E-state index contributed by atoms with van der Waals surface area (Å²) in [5.41, 5.74) is -0.0670. The number of alkyl halides is 1. The second kappa shape index (κ2) is 16.4. The molecule has 1 unspecified atom stereocenters. The van der Waals surface area contributed by atoms with Gasteiger partial charge in [0.1, 0.15) is 17.7 Å². The monoisotopic (exact) mass is 785 g/mol. The van der Waals surface area contributed by atoms with Crippen molar-refractivity contribution in [3.8, 4) is 0 Å². The van der Waals surface area contributed by atoms with E-state index in [-0.39, 0.29) is 48.7 Å². The number of aliphatic hydroxyl groups is 1. The molecular formula is C42H48BrN3O7. The number of anilines is 1. The Bertz CT molecular complexity index is 1850. The van der Waals surface area contributed by atoms with Crippen LogP contribution in [0.15, 0.2) is 98.1 Å². The number of likely N-dealkylation sites (tertiary alicyclic amines) is 1. The molecule has 3 heterocycles. The van der Waals surface area contributed by atoms with Crippen molar-refractivity contribution in [1.29, 1.82) is 0 Å². The number of allylic oxidation sites excluding steroid dienone is 1. The summed E-state index contributed by atoms with van der Waals surface area (Å²) in [6.45, 7) is 11.4. The minimum Gasteiger partial charge on any atom is -0.455 e. The maximum atomic E-state index is 15.2. The lowest BCUT2D eigenvalue weighted by Gasteiger charge is -2.39. The number of nitrogens with zero attached hydrogens (tertiary/aromatic N) is 2. The van der Waals surface area contributed by atoms with Gasteiger partial charge in [-0.25, -0.2) is 0 Å². The standard InChI is InChI=1S/C42H48BrN3O7/c1-5-7-17-34(48)44-24-33(28-14-9-8-10-15-28)52-41(51)35-36-39(49)46(31(25-47)21-26(3)4)38(42(36)23-32(43)37(35)53-42)40(50)45(20-6-2)30-19-18-27-13-11-12-16-29(27)22-30/h5-6,8-16,18-19,22,26,31-33,35-38,47H,1-2,7,17,20-21,23-25H2,3-4H3,(H,44,48)/t31-,32?,33+,35+,36-,37+,38+,42-/m1/s1. The minimum absolute atomic E-state index is 0.0297. The molecule has 2 N–H and O–H groups in total. The smallest absolute Gasteiger partial charge is 0.313 e. The fraction of sp³-hybridized carbons (Fsp3) is 0.429. The fourth-order valence-electron chi connectivity index (χ4n) is 8.42. The molecule has 53 heavy (non-hydrogen) atoms. The number of benzene rings is 3. The highest BCUT2D eigenvalue weighted by atomic mass is 79.9. The summed E-state index contributed by atoms with van der Waals surface area (Å²) in [5, 5.41) is 15.6. The summed E-state index contributed by atoms with van der Waals surface area (Å²) in [5.74, 6) is -3.64. The largest absolute Gasteiger partial charge is 0.455 e. The summed E-state index contributed by atoms with van der Waals surface area (Å²) >= 11 is 3.75.